The van der Waals surface area contributed by atoms with E-state index in [9.17, 15) is 4.79 Å². The van der Waals surface area contributed by atoms with Crippen LogP contribution in [0.25, 0.3) is 10.9 Å². The Balaban J connectivity index is 2.72. The molecule has 0 saturated heterocycles. The molecule has 1 heterocycles. The number of nitrogens with one attached hydrogen (secondary N) is 1. The first-order chi connectivity index (χ1) is 7.13. The number of aryl methyl sites for hydroxylation is 1. The minimum atomic E-state index is -0.927. The van der Waals surface area contributed by atoms with Crippen molar-refractivity contribution in [3.8, 4) is 0 Å². The van der Waals surface area contributed by atoms with Gasteiger partial charge in [-0.3, -0.25) is 4.68 Å². The number of aromatic carboxylic acids is 1. The summed E-state index contributed by atoms with van der Waals surface area (Å²) in [5, 5.41) is 17.0. The number of rotatable bonds is 2. The molecular weight excluding hydrogens is 194 g/mol. The average Bonchev–Trinajstić information content (AvgIpc) is 2.55. The van der Waals surface area contributed by atoms with Crippen LogP contribution in [0.3, 0.4) is 0 Å². The smallest absolute Gasteiger partial charge is 0.335 e. The summed E-state index contributed by atoms with van der Waals surface area (Å²) in [7, 11) is 3.57. The zero-order chi connectivity index (χ0) is 11.0. The molecule has 15 heavy (non-hydrogen) atoms. The summed E-state index contributed by atoms with van der Waals surface area (Å²) in [6, 6.07) is 4.95. The second kappa shape index (κ2) is 3.27. The second-order valence-corrected chi connectivity index (χ2v) is 3.26. The minimum Gasteiger partial charge on any atom is -0.478 e. The molecule has 2 aromatic rings. The molecule has 78 valence electrons. The van der Waals surface area contributed by atoms with Gasteiger partial charge in [-0.25, -0.2) is 4.79 Å². The third-order valence-electron chi connectivity index (χ3n) is 2.34. The van der Waals surface area contributed by atoms with E-state index < -0.39 is 5.97 Å². The molecule has 2 N–H and O–H groups in total. The number of aromatic nitrogens is 2. The molecule has 0 unspecified atom stereocenters. The Morgan fingerprint density at radius 1 is 1.53 bits per heavy atom. The summed E-state index contributed by atoms with van der Waals surface area (Å²) in [6.45, 7) is 0. The molecule has 1 aromatic carbocycles. The lowest BCUT2D eigenvalue weighted by atomic mass is 10.1. The maximum absolute atomic E-state index is 10.8. The van der Waals surface area contributed by atoms with E-state index in [2.05, 4.69) is 10.4 Å². The number of carbonyl (C=O) groups is 1. The van der Waals surface area contributed by atoms with Crippen molar-refractivity contribution in [1.29, 1.82) is 0 Å². The maximum atomic E-state index is 10.8. The molecule has 0 saturated carbocycles. The summed E-state index contributed by atoms with van der Waals surface area (Å²) in [4.78, 5) is 10.8. The van der Waals surface area contributed by atoms with Crippen molar-refractivity contribution in [3.63, 3.8) is 0 Å². The van der Waals surface area contributed by atoms with Crippen molar-refractivity contribution in [3.05, 3.63) is 23.8 Å². The predicted molar refractivity (Wildman–Crippen MR) is 57.2 cm³/mol. The van der Waals surface area contributed by atoms with E-state index in [1.165, 1.54) is 0 Å². The number of hydrogen-bond donors (Lipinski definition) is 2. The highest BCUT2D eigenvalue weighted by molar-refractivity contribution is 5.97. The van der Waals surface area contributed by atoms with Crippen LogP contribution in [0.5, 0.6) is 0 Å². The molecule has 0 aliphatic heterocycles. The van der Waals surface area contributed by atoms with Crippen molar-refractivity contribution in [2.75, 3.05) is 12.4 Å². The van der Waals surface area contributed by atoms with Gasteiger partial charge in [-0.1, -0.05) is 0 Å². The Morgan fingerprint density at radius 2 is 2.27 bits per heavy atom. The zero-order valence-electron chi connectivity index (χ0n) is 8.48. The summed E-state index contributed by atoms with van der Waals surface area (Å²) in [6.07, 6.45) is 0. The molecule has 2 rings (SSSR count). The van der Waals surface area contributed by atoms with Crippen LogP contribution in [-0.4, -0.2) is 27.9 Å². The number of anilines is 1. The lowest BCUT2D eigenvalue weighted by Gasteiger charge is -1.96. The fraction of sp³-hybridized carbons (Fsp3) is 0.200. The van der Waals surface area contributed by atoms with Gasteiger partial charge in [0, 0.05) is 19.5 Å². The average molecular weight is 205 g/mol. The van der Waals surface area contributed by atoms with E-state index in [1.807, 2.05) is 0 Å². The molecule has 5 nitrogen and oxygen atoms in total. The van der Waals surface area contributed by atoms with Gasteiger partial charge in [-0.2, -0.15) is 5.10 Å². The Hall–Kier alpha value is -2.04. The third kappa shape index (κ3) is 1.41. The Morgan fingerprint density at radius 3 is 2.87 bits per heavy atom. The number of carboxylic acids is 1. The van der Waals surface area contributed by atoms with Crippen molar-refractivity contribution in [2.24, 2.45) is 7.05 Å². The first-order valence-corrected chi connectivity index (χ1v) is 4.51. The highest BCUT2D eigenvalue weighted by atomic mass is 16.4. The van der Waals surface area contributed by atoms with Crippen LogP contribution in [0.2, 0.25) is 0 Å². The molecule has 0 radical (unpaired) electrons. The number of benzene rings is 1. The molecule has 0 atom stereocenters. The number of nitrogens with zero attached hydrogens (tertiary/aromatic N) is 2. The van der Waals surface area contributed by atoms with Crippen molar-refractivity contribution < 1.29 is 9.90 Å². The number of hydrogen-bond acceptors (Lipinski definition) is 3. The molecule has 0 fully saturated rings. The van der Waals surface area contributed by atoms with Crippen LogP contribution < -0.4 is 5.32 Å². The Kier molecular flexibility index (Phi) is 2.07. The number of fused-ring (bicyclic) bond motifs is 1. The summed E-state index contributed by atoms with van der Waals surface area (Å²) >= 11 is 0. The van der Waals surface area contributed by atoms with Gasteiger partial charge in [0.1, 0.15) is 0 Å². The monoisotopic (exact) mass is 205 g/mol. The first kappa shape index (κ1) is 9.51. The van der Waals surface area contributed by atoms with Gasteiger partial charge < -0.3 is 10.4 Å². The van der Waals surface area contributed by atoms with Gasteiger partial charge in [-0.05, 0) is 18.2 Å². The van der Waals surface area contributed by atoms with Crippen LogP contribution in [-0.2, 0) is 7.05 Å². The van der Waals surface area contributed by atoms with E-state index in [-0.39, 0.29) is 5.56 Å². The van der Waals surface area contributed by atoms with E-state index >= 15 is 0 Å². The largest absolute Gasteiger partial charge is 0.478 e. The maximum Gasteiger partial charge on any atom is 0.335 e. The van der Waals surface area contributed by atoms with Gasteiger partial charge in [0.2, 0.25) is 0 Å². The van der Waals surface area contributed by atoms with Crippen molar-refractivity contribution in [2.45, 2.75) is 0 Å². The van der Waals surface area contributed by atoms with Gasteiger partial charge >= 0.3 is 5.97 Å². The Bertz CT molecular complexity index is 531. The standard InChI is InChI=1S/C10H11N3O2/c1-11-9-7-4-3-6(10(14)15)5-8(7)13(2)12-9/h3-5H,1-2H3,(H,11,12)(H,14,15). The van der Waals surface area contributed by atoms with Crippen LogP contribution in [0, 0.1) is 0 Å². The van der Waals surface area contributed by atoms with Crippen LogP contribution >= 0.6 is 0 Å². The van der Waals surface area contributed by atoms with Gasteiger partial charge in [0.15, 0.2) is 5.82 Å². The second-order valence-electron chi connectivity index (χ2n) is 3.26. The molecule has 0 bridgehead atoms. The van der Waals surface area contributed by atoms with E-state index in [4.69, 9.17) is 5.11 Å². The van der Waals surface area contributed by atoms with Gasteiger partial charge in [-0.15, -0.1) is 0 Å². The van der Waals surface area contributed by atoms with E-state index in [1.54, 1.807) is 37.0 Å². The molecule has 5 heteroatoms. The van der Waals surface area contributed by atoms with Crippen LogP contribution in [0.1, 0.15) is 10.4 Å². The van der Waals surface area contributed by atoms with Crippen LogP contribution in [0.15, 0.2) is 18.2 Å². The highest BCUT2D eigenvalue weighted by Gasteiger charge is 2.10. The van der Waals surface area contributed by atoms with Crippen molar-refractivity contribution in [1.82, 2.24) is 9.78 Å². The predicted octanol–water partition coefficient (Wildman–Crippen LogP) is 1.31. The Labute approximate surface area is 86.3 Å². The van der Waals surface area contributed by atoms with Crippen molar-refractivity contribution >= 4 is 22.7 Å². The molecule has 0 amide bonds. The lowest BCUT2D eigenvalue weighted by molar-refractivity contribution is 0.0697. The molecule has 0 aliphatic carbocycles. The first-order valence-electron chi connectivity index (χ1n) is 4.51. The topological polar surface area (TPSA) is 67.2 Å². The van der Waals surface area contributed by atoms with Crippen LogP contribution in [0.4, 0.5) is 5.82 Å². The zero-order valence-corrected chi connectivity index (χ0v) is 8.48. The molecule has 0 spiro atoms. The fourth-order valence-corrected chi connectivity index (χ4v) is 1.58. The molecular formula is C10H11N3O2. The summed E-state index contributed by atoms with van der Waals surface area (Å²) < 4.78 is 1.66. The lowest BCUT2D eigenvalue weighted by Crippen LogP contribution is -1.96. The van der Waals surface area contributed by atoms with Gasteiger partial charge in [0.25, 0.3) is 0 Å². The molecule has 1 aromatic heterocycles. The normalized spacial score (nSPS) is 10.5. The third-order valence-corrected chi connectivity index (χ3v) is 2.34. The minimum absolute atomic E-state index is 0.271. The summed E-state index contributed by atoms with van der Waals surface area (Å²) in [5.74, 6) is -0.173. The quantitative estimate of drug-likeness (QED) is 0.775. The van der Waals surface area contributed by atoms with E-state index in [0.717, 1.165) is 16.7 Å². The fourth-order valence-electron chi connectivity index (χ4n) is 1.58. The summed E-state index contributed by atoms with van der Waals surface area (Å²) in [5.41, 5.74) is 1.08. The van der Waals surface area contributed by atoms with E-state index in [0.29, 0.717) is 0 Å². The van der Waals surface area contributed by atoms with Gasteiger partial charge in [0.05, 0.1) is 11.1 Å². The number of carboxylic acid groups (broad SMARTS) is 1. The molecule has 0 aliphatic rings. The highest BCUT2D eigenvalue weighted by Crippen LogP contribution is 2.22. The SMILES string of the molecule is CNc1nn(C)c2cc(C(=O)O)ccc12.